The van der Waals surface area contributed by atoms with E-state index in [0.29, 0.717) is 14.8 Å². The lowest BCUT2D eigenvalue weighted by atomic mass is 10.1. The van der Waals surface area contributed by atoms with E-state index in [2.05, 4.69) is 9.97 Å². The first-order valence-corrected chi connectivity index (χ1v) is 7.29. The molecule has 0 amide bonds. The maximum absolute atomic E-state index is 6.18. The number of nitrogens with one attached hydrogen (secondary N) is 1. The van der Waals surface area contributed by atoms with Crippen molar-refractivity contribution in [2.24, 2.45) is 0 Å². The Balaban J connectivity index is 1.90. The van der Waals surface area contributed by atoms with E-state index in [4.69, 9.17) is 35.4 Å². The van der Waals surface area contributed by atoms with Crippen LogP contribution >= 0.6 is 35.4 Å². The summed E-state index contributed by atoms with van der Waals surface area (Å²) >= 11 is 17.4. The molecule has 0 aliphatic rings. The van der Waals surface area contributed by atoms with Gasteiger partial charge in [-0.25, -0.2) is 4.98 Å². The fourth-order valence-corrected chi connectivity index (χ4v) is 2.94. The lowest BCUT2D eigenvalue weighted by Gasteiger charge is -2.06. The molecule has 2 aromatic heterocycles. The molecule has 0 aliphatic heterocycles. The fraction of sp³-hybridized carbons (Fsp3) is 0.143. The van der Waals surface area contributed by atoms with Crippen LogP contribution in [0.5, 0.6) is 0 Å². The quantitative estimate of drug-likeness (QED) is 0.712. The molecule has 0 radical (unpaired) electrons. The van der Waals surface area contributed by atoms with Crippen LogP contribution in [0.15, 0.2) is 36.5 Å². The molecule has 20 heavy (non-hydrogen) atoms. The molecule has 0 saturated carbocycles. The molecule has 0 unspecified atom stereocenters. The van der Waals surface area contributed by atoms with E-state index < -0.39 is 0 Å². The molecule has 0 saturated heterocycles. The van der Waals surface area contributed by atoms with Gasteiger partial charge in [0.05, 0.1) is 5.52 Å². The lowest BCUT2D eigenvalue weighted by Crippen LogP contribution is -2.02. The average Bonchev–Trinajstić information content (AvgIpc) is 2.74. The predicted octanol–water partition coefficient (Wildman–Crippen LogP) is 4.64. The molecular formula is C14H11Cl2N3S. The van der Waals surface area contributed by atoms with Gasteiger partial charge in [0, 0.05) is 22.8 Å². The number of aromatic nitrogens is 3. The molecule has 3 nitrogen and oxygen atoms in total. The average molecular weight is 324 g/mol. The van der Waals surface area contributed by atoms with Crippen molar-refractivity contribution in [3.63, 3.8) is 0 Å². The zero-order chi connectivity index (χ0) is 14.1. The highest BCUT2D eigenvalue weighted by molar-refractivity contribution is 7.71. The molecular weight excluding hydrogens is 313 g/mol. The largest absolute Gasteiger partial charge is 0.329 e. The first kappa shape index (κ1) is 13.6. The van der Waals surface area contributed by atoms with Crippen LogP contribution in [-0.2, 0) is 13.0 Å². The van der Waals surface area contributed by atoms with Crippen LogP contribution in [0.3, 0.4) is 0 Å². The second-order valence-electron chi connectivity index (χ2n) is 4.44. The van der Waals surface area contributed by atoms with Gasteiger partial charge in [0.1, 0.15) is 0 Å². The molecule has 0 aliphatic carbocycles. The molecule has 102 valence electrons. The second-order valence-corrected chi connectivity index (χ2v) is 5.67. The SMILES string of the molecule is S=c1[nH]c2cccnc2n1CCc1ccc(Cl)cc1Cl. The summed E-state index contributed by atoms with van der Waals surface area (Å²) in [5, 5.41) is 1.32. The summed E-state index contributed by atoms with van der Waals surface area (Å²) in [6, 6.07) is 9.38. The second kappa shape index (κ2) is 5.56. The summed E-state index contributed by atoms with van der Waals surface area (Å²) in [5.74, 6) is 0. The van der Waals surface area contributed by atoms with Crippen LogP contribution in [0.2, 0.25) is 10.0 Å². The highest BCUT2D eigenvalue weighted by Gasteiger charge is 2.07. The molecule has 1 aromatic carbocycles. The third kappa shape index (κ3) is 2.59. The Morgan fingerprint density at radius 3 is 2.90 bits per heavy atom. The Labute approximate surface area is 131 Å². The number of nitrogens with zero attached hydrogens (tertiary/aromatic N) is 2. The zero-order valence-electron chi connectivity index (χ0n) is 10.4. The van der Waals surface area contributed by atoms with Gasteiger partial charge in [-0.05, 0) is 48.5 Å². The number of aryl methyl sites for hydroxylation is 2. The highest BCUT2D eigenvalue weighted by Crippen LogP contribution is 2.22. The number of aromatic amines is 1. The third-order valence-electron chi connectivity index (χ3n) is 3.15. The van der Waals surface area contributed by atoms with Crippen molar-refractivity contribution in [3.8, 4) is 0 Å². The molecule has 2 heterocycles. The minimum Gasteiger partial charge on any atom is -0.329 e. The maximum atomic E-state index is 6.18. The van der Waals surface area contributed by atoms with Crippen molar-refractivity contribution in [1.82, 2.24) is 14.5 Å². The van der Waals surface area contributed by atoms with Crippen LogP contribution in [-0.4, -0.2) is 14.5 Å². The topological polar surface area (TPSA) is 33.6 Å². The monoisotopic (exact) mass is 323 g/mol. The summed E-state index contributed by atoms with van der Waals surface area (Å²) < 4.78 is 2.65. The first-order valence-electron chi connectivity index (χ1n) is 6.12. The number of rotatable bonds is 3. The number of imidazole rings is 1. The van der Waals surface area contributed by atoms with Gasteiger partial charge in [-0.3, -0.25) is 0 Å². The van der Waals surface area contributed by atoms with Crippen molar-refractivity contribution in [1.29, 1.82) is 0 Å². The number of benzene rings is 1. The molecule has 3 rings (SSSR count). The van der Waals surface area contributed by atoms with E-state index in [0.717, 1.165) is 29.7 Å². The van der Waals surface area contributed by atoms with Crippen molar-refractivity contribution < 1.29 is 0 Å². The summed E-state index contributed by atoms with van der Waals surface area (Å²) in [5.41, 5.74) is 2.85. The van der Waals surface area contributed by atoms with Gasteiger partial charge in [-0.15, -0.1) is 0 Å². The summed E-state index contributed by atoms with van der Waals surface area (Å²) in [6.45, 7) is 0.719. The number of hydrogen-bond donors (Lipinski definition) is 1. The van der Waals surface area contributed by atoms with Crippen molar-refractivity contribution in [2.75, 3.05) is 0 Å². The number of halogens is 2. The Morgan fingerprint density at radius 2 is 2.10 bits per heavy atom. The normalized spacial score (nSPS) is 11.1. The Morgan fingerprint density at radius 1 is 1.25 bits per heavy atom. The van der Waals surface area contributed by atoms with E-state index in [1.54, 1.807) is 12.3 Å². The van der Waals surface area contributed by atoms with E-state index in [1.807, 2.05) is 28.8 Å². The molecule has 0 spiro atoms. The van der Waals surface area contributed by atoms with Gasteiger partial charge in [0.15, 0.2) is 10.4 Å². The first-order chi connectivity index (χ1) is 9.65. The Bertz CT molecular complexity index is 823. The van der Waals surface area contributed by atoms with E-state index >= 15 is 0 Å². The maximum Gasteiger partial charge on any atom is 0.179 e. The number of hydrogen-bond acceptors (Lipinski definition) is 2. The highest BCUT2D eigenvalue weighted by atomic mass is 35.5. The molecule has 1 N–H and O–H groups in total. The van der Waals surface area contributed by atoms with E-state index in [9.17, 15) is 0 Å². The smallest absolute Gasteiger partial charge is 0.179 e. The van der Waals surface area contributed by atoms with Gasteiger partial charge >= 0.3 is 0 Å². The van der Waals surface area contributed by atoms with Gasteiger partial charge < -0.3 is 9.55 Å². The standard InChI is InChI=1S/C14H11Cl2N3S/c15-10-4-3-9(11(16)8-10)5-7-19-13-12(18-14(19)20)2-1-6-17-13/h1-4,6,8H,5,7H2,(H,18,20). The van der Waals surface area contributed by atoms with Crippen LogP contribution in [0.4, 0.5) is 0 Å². The van der Waals surface area contributed by atoms with Crippen LogP contribution in [0, 0.1) is 4.77 Å². The Hall–Kier alpha value is -1.36. The van der Waals surface area contributed by atoms with Gasteiger partial charge in [0.2, 0.25) is 0 Å². The molecule has 0 fully saturated rings. The molecule has 6 heteroatoms. The zero-order valence-corrected chi connectivity index (χ0v) is 12.8. The molecule has 0 bridgehead atoms. The molecule has 0 atom stereocenters. The fourth-order valence-electron chi connectivity index (χ4n) is 2.15. The lowest BCUT2D eigenvalue weighted by molar-refractivity contribution is 0.700. The summed E-state index contributed by atoms with van der Waals surface area (Å²) in [7, 11) is 0. The van der Waals surface area contributed by atoms with Gasteiger partial charge in [-0.2, -0.15) is 0 Å². The number of pyridine rings is 1. The minimum absolute atomic E-state index is 0.643. The van der Waals surface area contributed by atoms with E-state index in [1.165, 1.54) is 0 Å². The van der Waals surface area contributed by atoms with Crippen LogP contribution in [0.1, 0.15) is 5.56 Å². The predicted molar refractivity (Wildman–Crippen MR) is 85.1 cm³/mol. The van der Waals surface area contributed by atoms with E-state index in [-0.39, 0.29) is 0 Å². The van der Waals surface area contributed by atoms with Crippen molar-refractivity contribution >= 4 is 46.6 Å². The van der Waals surface area contributed by atoms with Crippen molar-refractivity contribution in [3.05, 3.63) is 56.9 Å². The molecule has 3 aromatic rings. The van der Waals surface area contributed by atoms with Gasteiger partial charge in [-0.1, -0.05) is 29.3 Å². The van der Waals surface area contributed by atoms with Crippen LogP contribution in [0.25, 0.3) is 11.2 Å². The summed E-state index contributed by atoms with van der Waals surface area (Å²) in [4.78, 5) is 7.51. The van der Waals surface area contributed by atoms with Crippen molar-refractivity contribution in [2.45, 2.75) is 13.0 Å². The number of fused-ring (bicyclic) bond motifs is 1. The number of H-pyrrole nitrogens is 1. The van der Waals surface area contributed by atoms with Gasteiger partial charge in [0.25, 0.3) is 0 Å². The summed E-state index contributed by atoms with van der Waals surface area (Å²) in [6.07, 6.45) is 2.53. The third-order valence-corrected chi connectivity index (χ3v) is 4.06. The Kier molecular flexibility index (Phi) is 3.78. The van der Waals surface area contributed by atoms with Crippen LogP contribution < -0.4 is 0 Å². The minimum atomic E-state index is 0.643.